The van der Waals surface area contributed by atoms with Gasteiger partial charge in [-0.15, -0.1) is 0 Å². The smallest absolute Gasteiger partial charge is 0.169 e. The van der Waals surface area contributed by atoms with E-state index in [1.807, 2.05) is 25.1 Å². The third-order valence-electron chi connectivity index (χ3n) is 4.63. The van der Waals surface area contributed by atoms with Crippen LogP contribution in [0.15, 0.2) is 24.3 Å². The molecule has 0 atom stereocenters. The van der Waals surface area contributed by atoms with Crippen LogP contribution in [0.25, 0.3) is 0 Å². The van der Waals surface area contributed by atoms with Gasteiger partial charge in [-0.3, -0.25) is 0 Å². The number of likely N-dealkylation sites (tertiary alicyclic amines) is 1. The lowest BCUT2D eigenvalue weighted by Crippen LogP contribution is -2.49. The van der Waals surface area contributed by atoms with Crippen molar-refractivity contribution in [1.29, 1.82) is 0 Å². The van der Waals surface area contributed by atoms with Crippen LogP contribution in [-0.2, 0) is 11.3 Å². The predicted molar refractivity (Wildman–Crippen MR) is 109 cm³/mol. The summed E-state index contributed by atoms with van der Waals surface area (Å²) in [4.78, 5) is 4.70. The van der Waals surface area contributed by atoms with Gasteiger partial charge in [0.1, 0.15) is 0 Å². The average molecular weight is 384 g/mol. The number of hydrogen-bond acceptors (Lipinski definition) is 3. The lowest BCUT2D eigenvalue weighted by atomic mass is 10.0. The first-order valence-electron chi connectivity index (χ1n) is 9.16. The molecule has 1 aliphatic heterocycles. The topological polar surface area (TPSA) is 27.7 Å². The third kappa shape index (κ3) is 6.74. The molecule has 1 aromatic rings. The van der Waals surface area contributed by atoms with E-state index in [0.29, 0.717) is 6.04 Å². The first kappa shape index (κ1) is 20.4. The molecule has 1 fully saturated rings. The SMILES string of the molecule is CCOCCCNC(=S)N(Cc1ccccc1Cl)C1CCN(C)CC1. The molecule has 0 amide bonds. The molecule has 2 rings (SSSR count). The summed E-state index contributed by atoms with van der Waals surface area (Å²) in [6, 6.07) is 8.49. The first-order chi connectivity index (χ1) is 12.1. The molecular formula is C19H30ClN3OS. The van der Waals surface area contributed by atoms with Crippen molar-refractivity contribution in [3.05, 3.63) is 34.9 Å². The van der Waals surface area contributed by atoms with Crippen LogP contribution < -0.4 is 5.32 Å². The second kappa shape index (κ2) is 11.0. The van der Waals surface area contributed by atoms with Gasteiger partial charge in [-0.25, -0.2) is 0 Å². The van der Waals surface area contributed by atoms with Crippen molar-refractivity contribution >= 4 is 28.9 Å². The molecule has 1 aliphatic rings. The highest BCUT2D eigenvalue weighted by Gasteiger charge is 2.25. The Labute approximate surface area is 162 Å². The fraction of sp³-hybridized carbons (Fsp3) is 0.632. The fourth-order valence-electron chi connectivity index (χ4n) is 3.10. The minimum absolute atomic E-state index is 0.458. The number of benzene rings is 1. The van der Waals surface area contributed by atoms with Gasteiger partial charge < -0.3 is 19.9 Å². The minimum atomic E-state index is 0.458. The Bertz CT molecular complexity index is 535. The molecule has 4 nitrogen and oxygen atoms in total. The maximum Gasteiger partial charge on any atom is 0.169 e. The number of nitrogens with one attached hydrogen (secondary N) is 1. The molecule has 1 aromatic carbocycles. The molecule has 25 heavy (non-hydrogen) atoms. The van der Waals surface area contributed by atoms with E-state index in [2.05, 4.69) is 28.2 Å². The van der Waals surface area contributed by atoms with Crippen molar-refractivity contribution in [2.75, 3.05) is 39.9 Å². The zero-order valence-corrected chi connectivity index (χ0v) is 16.9. The number of thiocarbonyl (C=S) groups is 1. The predicted octanol–water partition coefficient (Wildman–Crippen LogP) is 3.54. The van der Waals surface area contributed by atoms with E-state index in [1.165, 1.54) is 0 Å². The van der Waals surface area contributed by atoms with Gasteiger partial charge in [-0.2, -0.15) is 0 Å². The van der Waals surface area contributed by atoms with Crippen LogP contribution in [0.4, 0.5) is 0 Å². The molecule has 0 radical (unpaired) electrons. The summed E-state index contributed by atoms with van der Waals surface area (Å²) in [7, 11) is 2.18. The molecule has 0 bridgehead atoms. The highest BCUT2D eigenvalue weighted by molar-refractivity contribution is 7.80. The van der Waals surface area contributed by atoms with Crippen LogP contribution in [0.5, 0.6) is 0 Å². The van der Waals surface area contributed by atoms with E-state index in [0.717, 1.165) is 74.4 Å². The summed E-state index contributed by atoms with van der Waals surface area (Å²) < 4.78 is 5.40. The van der Waals surface area contributed by atoms with Crippen LogP contribution >= 0.6 is 23.8 Å². The minimum Gasteiger partial charge on any atom is -0.382 e. The van der Waals surface area contributed by atoms with E-state index >= 15 is 0 Å². The normalized spacial score (nSPS) is 16.0. The van der Waals surface area contributed by atoms with Gasteiger partial charge in [-0.1, -0.05) is 29.8 Å². The Morgan fingerprint density at radius 3 is 2.76 bits per heavy atom. The monoisotopic (exact) mass is 383 g/mol. The van der Waals surface area contributed by atoms with Gasteiger partial charge in [0.05, 0.1) is 0 Å². The molecule has 0 aliphatic carbocycles. The fourth-order valence-corrected chi connectivity index (χ4v) is 3.61. The second-order valence-corrected chi connectivity index (χ2v) is 7.33. The zero-order valence-electron chi connectivity index (χ0n) is 15.3. The van der Waals surface area contributed by atoms with Crippen LogP contribution in [0, 0.1) is 0 Å². The Kier molecular flexibility index (Phi) is 8.96. The molecule has 1 N–H and O–H groups in total. The van der Waals surface area contributed by atoms with Crippen molar-refractivity contribution in [3.8, 4) is 0 Å². The summed E-state index contributed by atoms with van der Waals surface area (Å²) >= 11 is 12.1. The standard InChI is InChI=1S/C19H30ClN3OS/c1-3-24-14-6-11-21-19(25)23(17-9-12-22(2)13-10-17)15-16-7-4-5-8-18(16)20/h4-5,7-8,17H,3,6,9-15H2,1-2H3,(H,21,25). The zero-order chi connectivity index (χ0) is 18.1. The highest BCUT2D eigenvalue weighted by Crippen LogP contribution is 2.22. The number of halogens is 1. The van der Waals surface area contributed by atoms with Gasteiger partial charge in [0, 0.05) is 37.4 Å². The summed E-state index contributed by atoms with van der Waals surface area (Å²) in [5.74, 6) is 0. The number of rotatable bonds is 8. The summed E-state index contributed by atoms with van der Waals surface area (Å²) in [5.41, 5.74) is 1.13. The number of ether oxygens (including phenoxy) is 1. The van der Waals surface area contributed by atoms with Crippen molar-refractivity contribution in [2.45, 2.75) is 38.8 Å². The molecule has 0 unspecified atom stereocenters. The molecule has 0 aromatic heterocycles. The van der Waals surface area contributed by atoms with Crippen molar-refractivity contribution in [2.24, 2.45) is 0 Å². The van der Waals surface area contributed by atoms with Gasteiger partial charge in [0.2, 0.25) is 0 Å². The Morgan fingerprint density at radius 2 is 2.08 bits per heavy atom. The number of hydrogen-bond donors (Lipinski definition) is 1. The lowest BCUT2D eigenvalue weighted by Gasteiger charge is -2.39. The van der Waals surface area contributed by atoms with E-state index in [1.54, 1.807) is 0 Å². The molecular weight excluding hydrogens is 354 g/mol. The molecule has 1 heterocycles. The highest BCUT2D eigenvalue weighted by atomic mass is 35.5. The second-order valence-electron chi connectivity index (χ2n) is 6.54. The lowest BCUT2D eigenvalue weighted by molar-refractivity contribution is 0.145. The molecule has 0 spiro atoms. The van der Waals surface area contributed by atoms with Gasteiger partial charge in [-0.05, 0) is 70.2 Å². The van der Waals surface area contributed by atoms with Crippen LogP contribution in [0.2, 0.25) is 5.02 Å². The molecule has 6 heteroatoms. The molecule has 0 saturated carbocycles. The summed E-state index contributed by atoms with van der Waals surface area (Å²) in [6.45, 7) is 7.36. The van der Waals surface area contributed by atoms with E-state index in [-0.39, 0.29) is 0 Å². The van der Waals surface area contributed by atoms with Gasteiger partial charge >= 0.3 is 0 Å². The van der Waals surface area contributed by atoms with Crippen LogP contribution in [-0.4, -0.2) is 60.8 Å². The van der Waals surface area contributed by atoms with Crippen molar-refractivity contribution in [1.82, 2.24) is 15.1 Å². The Balaban J connectivity index is 1.98. The van der Waals surface area contributed by atoms with Crippen LogP contribution in [0.3, 0.4) is 0 Å². The average Bonchev–Trinajstić information content (AvgIpc) is 2.61. The number of nitrogens with zero attached hydrogens (tertiary/aromatic N) is 2. The van der Waals surface area contributed by atoms with E-state index in [4.69, 9.17) is 28.6 Å². The molecule has 140 valence electrons. The Morgan fingerprint density at radius 1 is 1.36 bits per heavy atom. The quantitative estimate of drug-likeness (QED) is 0.547. The van der Waals surface area contributed by atoms with Gasteiger partial charge in [0.15, 0.2) is 5.11 Å². The largest absolute Gasteiger partial charge is 0.382 e. The van der Waals surface area contributed by atoms with Gasteiger partial charge in [0.25, 0.3) is 0 Å². The molecule has 1 saturated heterocycles. The van der Waals surface area contributed by atoms with E-state index < -0.39 is 0 Å². The third-order valence-corrected chi connectivity index (χ3v) is 5.38. The summed E-state index contributed by atoms with van der Waals surface area (Å²) in [6.07, 6.45) is 3.21. The number of piperidine rings is 1. The maximum atomic E-state index is 6.38. The van der Waals surface area contributed by atoms with Crippen molar-refractivity contribution in [3.63, 3.8) is 0 Å². The maximum absolute atomic E-state index is 6.38. The van der Waals surface area contributed by atoms with Crippen molar-refractivity contribution < 1.29 is 4.74 Å². The summed E-state index contributed by atoms with van der Waals surface area (Å²) in [5, 5.41) is 5.04. The first-order valence-corrected chi connectivity index (χ1v) is 9.94. The Hall–Kier alpha value is -0.880. The van der Waals surface area contributed by atoms with Crippen LogP contribution in [0.1, 0.15) is 31.7 Å². The van der Waals surface area contributed by atoms with E-state index in [9.17, 15) is 0 Å².